The Kier molecular flexibility index (Phi) is 2.77. The number of rotatable bonds is 2. The lowest BCUT2D eigenvalue weighted by molar-refractivity contribution is -0.134. The van der Waals surface area contributed by atoms with Crippen LogP contribution in [0, 0.1) is 0 Å². The highest BCUT2D eigenvalue weighted by molar-refractivity contribution is 5.79. The minimum atomic E-state index is -0.182. The van der Waals surface area contributed by atoms with Gasteiger partial charge in [0.25, 0.3) is 0 Å². The first kappa shape index (κ1) is 9.97. The number of carbonyl (C=O) groups is 1. The lowest BCUT2D eigenvalue weighted by Crippen LogP contribution is -2.49. The standard InChI is InChI=1S/C11H19NO2/c1-2-3-8-6-10(13)7-9-4-5-11(14)12(8)9/h8-10,13H,2-7H2,1H3/t8-,9+,10+/m1/s1. The molecule has 2 fully saturated rings. The van der Waals surface area contributed by atoms with Crippen molar-refractivity contribution in [3.8, 4) is 0 Å². The molecule has 0 spiro atoms. The normalized spacial score (nSPS) is 37.4. The number of hydrogen-bond donors (Lipinski definition) is 1. The molecule has 3 heteroatoms. The Morgan fingerprint density at radius 1 is 1.50 bits per heavy atom. The van der Waals surface area contributed by atoms with E-state index in [9.17, 15) is 9.90 Å². The minimum Gasteiger partial charge on any atom is -0.393 e. The molecule has 0 bridgehead atoms. The van der Waals surface area contributed by atoms with Crippen LogP contribution in [0.2, 0.25) is 0 Å². The number of aliphatic hydroxyl groups excluding tert-OH is 1. The number of piperidine rings is 1. The van der Waals surface area contributed by atoms with Crippen molar-refractivity contribution in [2.45, 2.75) is 63.6 Å². The summed E-state index contributed by atoms with van der Waals surface area (Å²) in [6.07, 6.45) is 5.18. The smallest absolute Gasteiger partial charge is 0.223 e. The summed E-state index contributed by atoms with van der Waals surface area (Å²) in [5.41, 5.74) is 0. The van der Waals surface area contributed by atoms with Gasteiger partial charge in [0.2, 0.25) is 5.91 Å². The third-order valence-electron chi connectivity index (χ3n) is 3.48. The molecule has 3 atom stereocenters. The van der Waals surface area contributed by atoms with Crippen molar-refractivity contribution in [2.24, 2.45) is 0 Å². The predicted octanol–water partition coefficient (Wildman–Crippen LogP) is 1.30. The summed E-state index contributed by atoms with van der Waals surface area (Å²) in [7, 11) is 0. The second kappa shape index (κ2) is 3.89. The van der Waals surface area contributed by atoms with Crippen LogP contribution in [0.4, 0.5) is 0 Å². The first-order valence-corrected chi connectivity index (χ1v) is 5.71. The van der Waals surface area contributed by atoms with Crippen LogP contribution in [0.3, 0.4) is 0 Å². The van der Waals surface area contributed by atoms with Crippen LogP contribution in [0.25, 0.3) is 0 Å². The van der Waals surface area contributed by atoms with E-state index in [-0.39, 0.29) is 6.10 Å². The van der Waals surface area contributed by atoms with Crippen LogP contribution < -0.4 is 0 Å². The van der Waals surface area contributed by atoms with Gasteiger partial charge in [-0.15, -0.1) is 0 Å². The summed E-state index contributed by atoms with van der Waals surface area (Å²) in [6, 6.07) is 0.645. The Morgan fingerprint density at radius 3 is 3.00 bits per heavy atom. The van der Waals surface area contributed by atoms with Gasteiger partial charge in [-0.1, -0.05) is 13.3 Å². The summed E-state index contributed by atoms with van der Waals surface area (Å²) >= 11 is 0. The Bertz CT molecular complexity index is 229. The summed E-state index contributed by atoms with van der Waals surface area (Å²) in [6.45, 7) is 2.14. The lowest BCUT2D eigenvalue weighted by Gasteiger charge is -2.40. The largest absolute Gasteiger partial charge is 0.393 e. The summed E-state index contributed by atoms with van der Waals surface area (Å²) in [5, 5.41) is 9.70. The van der Waals surface area contributed by atoms with Gasteiger partial charge in [-0.25, -0.2) is 0 Å². The van der Waals surface area contributed by atoms with Crippen LogP contribution in [0.15, 0.2) is 0 Å². The average Bonchev–Trinajstić information content (AvgIpc) is 2.48. The highest BCUT2D eigenvalue weighted by atomic mass is 16.3. The van der Waals surface area contributed by atoms with Crippen molar-refractivity contribution in [1.82, 2.24) is 4.90 Å². The van der Waals surface area contributed by atoms with Gasteiger partial charge in [0, 0.05) is 18.5 Å². The zero-order chi connectivity index (χ0) is 10.1. The highest BCUT2D eigenvalue weighted by Crippen LogP contribution is 2.33. The highest BCUT2D eigenvalue weighted by Gasteiger charge is 2.40. The Balaban J connectivity index is 2.09. The molecule has 2 heterocycles. The minimum absolute atomic E-state index is 0.182. The molecule has 1 amide bonds. The molecule has 0 aliphatic carbocycles. The maximum absolute atomic E-state index is 11.6. The number of carbonyl (C=O) groups excluding carboxylic acids is 1. The maximum atomic E-state index is 11.6. The van der Waals surface area contributed by atoms with Gasteiger partial charge < -0.3 is 10.0 Å². The van der Waals surface area contributed by atoms with Gasteiger partial charge in [0.15, 0.2) is 0 Å². The number of fused-ring (bicyclic) bond motifs is 1. The fraction of sp³-hybridized carbons (Fsp3) is 0.909. The quantitative estimate of drug-likeness (QED) is 0.725. The summed E-state index contributed by atoms with van der Waals surface area (Å²) in [4.78, 5) is 13.7. The van der Waals surface area contributed by atoms with Gasteiger partial charge >= 0.3 is 0 Å². The van der Waals surface area contributed by atoms with E-state index < -0.39 is 0 Å². The van der Waals surface area contributed by atoms with Gasteiger partial charge in [-0.05, 0) is 25.7 Å². The van der Waals surface area contributed by atoms with Crippen LogP contribution in [0.5, 0.6) is 0 Å². The molecule has 0 unspecified atom stereocenters. The third kappa shape index (κ3) is 1.65. The lowest BCUT2D eigenvalue weighted by atomic mass is 9.92. The molecule has 2 aliphatic heterocycles. The fourth-order valence-corrected chi connectivity index (χ4v) is 2.92. The van der Waals surface area contributed by atoms with Crippen LogP contribution in [-0.2, 0) is 4.79 Å². The monoisotopic (exact) mass is 197 g/mol. The molecular weight excluding hydrogens is 178 g/mol. The predicted molar refractivity (Wildman–Crippen MR) is 53.8 cm³/mol. The van der Waals surface area contributed by atoms with E-state index >= 15 is 0 Å². The molecule has 0 saturated carbocycles. The third-order valence-corrected chi connectivity index (χ3v) is 3.48. The number of aliphatic hydroxyl groups is 1. The Morgan fingerprint density at radius 2 is 2.29 bits per heavy atom. The van der Waals surface area contributed by atoms with Crippen molar-refractivity contribution in [1.29, 1.82) is 0 Å². The van der Waals surface area contributed by atoms with E-state index in [4.69, 9.17) is 0 Å². The molecule has 1 N–H and O–H groups in total. The second-order valence-corrected chi connectivity index (χ2v) is 4.56. The zero-order valence-electron chi connectivity index (χ0n) is 8.78. The van der Waals surface area contributed by atoms with Crippen molar-refractivity contribution in [2.75, 3.05) is 0 Å². The van der Waals surface area contributed by atoms with Gasteiger partial charge in [-0.2, -0.15) is 0 Å². The Labute approximate surface area is 85.1 Å². The van der Waals surface area contributed by atoms with E-state index in [1.807, 2.05) is 0 Å². The molecular formula is C11H19NO2. The van der Waals surface area contributed by atoms with E-state index in [0.717, 1.165) is 32.1 Å². The number of nitrogens with zero attached hydrogens (tertiary/aromatic N) is 1. The van der Waals surface area contributed by atoms with Crippen LogP contribution in [0.1, 0.15) is 45.4 Å². The zero-order valence-corrected chi connectivity index (χ0v) is 8.78. The molecule has 0 aromatic carbocycles. The molecule has 0 radical (unpaired) electrons. The van der Waals surface area contributed by atoms with Crippen molar-refractivity contribution in [3.05, 3.63) is 0 Å². The molecule has 2 rings (SSSR count). The molecule has 3 nitrogen and oxygen atoms in total. The van der Waals surface area contributed by atoms with E-state index in [1.165, 1.54) is 0 Å². The summed E-state index contributed by atoms with van der Waals surface area (Å²) < 4.78 is 0. The number of amides is 1. The molecule has 2 saturated heterocycles. The molecule has 14 heavy (non-hydrogen) atoms. The summed E-state index contributed by atoms with van der Waals surface area (Å²) in [5.74, 6) is 0.306. The number of hydrogen-bond acceptors (Lipinski definition) is 2. The van der Waals surface area contributed by atoms with Crippen LogP contribution in [-0.4, -0.2) is 34.1 Å². The second-order valence-electron chi connectivity index (χ2n) is 4.56. The van der Waals surface area contributed by atoms with E-state index in [2.05, 4.69) is 11.8 Å². The van der Waals surface area contributed by atoms with E-state index in [1.54, 1.807) is 0 Å². The first-order chi connectivity index (χ1) is 6.72. The molecule has 0 aromatic heterocycles. The van der Waals surface area contributed by atoms with Crippen molar-refractivity contribution < 1.29 is 9.90 Å². The first-order valence-electron chi connectivity index (χ1n) is 5.71. The maximum Gasteiger partial charge on any atom is 0.223 e. The molecule has 0 aromatic rings. The SMILES string of the molecule is CCC[C@@H]1C[C@H](O)C[C@@H]2CCC(=O)N12. The fourth-order valence-electron chi connectivity index (χ4n) is 2.92. The van der Waals surface area contributed by atoms with Crippen molar-refractivity contribution >= 4 is 5.91 Å². The van der Waals surface area contributed by atoms with Gasteiger partial charge in [-0.3, -0.25) is 4.79 Å². The van der Waals surface area contributed by atoms with Gasteiger partial charge in [0.05, 0.1) is 6.10 Å². The average molecular weight is 197 g/mol. The van der Waals surface area contributed by atoms with Crippen molar-refractivity contribution in [3.63, 3.8) is 0 Å². The Hall–Kier alpha value is -0.570. The van der Waals surface area contributed by atoms with Crippen LogP contribution >= 0.6 is 0 Å². The molecule has 80 valence electrons. The van der Waals surface area contributed by atoms with E-state index in [0.29, 0.717) is 24.4 Å². The van der Waals surface area contributed by atoms with Gasteiger partial charge in [0.1, 0.15) is 0 Å². The molecule has 2 aliphatic rings. The topological polar surface area (TPSA) is 40.5 Å².